The zero-order valence-corrected chi connectivity index (χ0v) is 13.8. The summed E-state index contributed by atoms with van der Waals surface area (Å²) in [5.74, 6) is -0.753. The zero-order chi connectivity index (χ0) is 16.0. The quantitative estimate of drug-likeness (QED) is 0.796. The number of ether oxygens (including phenoxy) is 1. The molecule has 0 aromatic heterocycles. The fourth-order valence-corrected chi connectivity index (χ4v) is 2.13. The summed E-state index contributed by atoms with van der Waals surface area (Å²) in [4.78, 5) is 24.2. The van der Waals surface area contributed by atoms with E-state index in [9.17, 15) is 9.59 Å². The molecule has 0 saturated carbocycles. The Balaban J connectivity index is 2.95. The summed E-state index contributed by atoms with van der Waals surface area (Å²) in [6.45, 7) is 3.22. The molecular weight excluding hydrogens is 338 g/mol. The van der Waals surface area contributed by atoms with Crippen molar-refractivity contribution in [2.24, 2.45) is 0 Å². The first-order valence-corrected chi connectivity index (χ1v) is 7.18. The molecule has 114 valence electrons. The van der Waals surface area contributed by atoms with Crippen molar-refractivity contribution in [2.45, 2.75) is 19.9 Å². The standard InChI is InChI=1S/C15H18BrNO4/c1-10(2)17(9-15(19)20)14(18)7-4-11-8-12(16)5-6-13(11)21-3/h4-8,10H,9H2,1-3H3,(H,19,20)/b7-4+. The van der Waals surface area contributed by atoms with Gasteiger partial charge in [-0.05, 0) is 38.1 Å². The highest BCUT2D eigenvalue weighted by molar-refractivity contribution is 9.10. The highest BCUT2D eigenvalue weighted by Gasteiger charge is 2.17. The summed E-state index contributed by atoms with van der Waals surface area (Å²) in [5.41, 5.74) is 0.735. The van der Waals surface area contributed by atoms with Gasteiger partial charge in [0.05, 0.1) is 7.11 Å². The Labute approximate surface area is 132 Å². The van der Waals surface area contributed by atoms with Crippen LogP contribution in [0.2, 0.25) is 0 Å². The van der Waals surface area contributed by atoms with Crippen LogP contribution in [0.1, 0.15) is 19.4 Å². The van der Waals surface area contributed by atoms with Crippen LogP contribution in [0, 0.1) is 0 Å². The average Bonchev–Trinajstić information content (AvgIpc) is 2.41. The van der Waals surface area contributed by atoms with Crippen LogP contribution < -0.4 is 4.74 Å². The Bertz CT molecular complexity index is 555. The Kier molecular flexibility index (Phi) is 6.42. The monoisotopic (exact) mass is 355 g/mol. The van der Waals surface area contributed by atoms with Gasteiger partial charge in [-0.25, -0.2) is 0 Å². The maximum atomic E-state index is 12.1. The maximum Gasteiger partial charge on any atom is 0.323 e. The zero-order valence-electron chi connectivity index (χ0n) is 12.2. The number of carboxylic acid groups (broad SMARTS) is 1. The first-order chi connectivity index (χ1) is 9.85. The van der Waals surface area contributed by atoms with E-state index in [0.717, 1.165) is 10.0 Å². The number of hydrogen-bond acceptors (Lipinski definition) is 3. The van der Waals surface area contributed by atoms with Crippen LogP contribution in [0.4, 0.5) is 0 Å². The van der Waals surface area contributed by atoms with E-state index in [1.165, 1.54) is 11.0 Å². The molecule has 0 unspecified atom stereocenters. The van der Waals surface area contributed by atoms with Gasteiger partial charge in [0.1, 0.15) is 12.3 Å². The smallest absolute Gasteiger partial charge is 0.323 e. The van der Waals surface area contributed by atoms with Crippen molar-refractivity contribution in [3.05, 3.63) is 34.3 Å². The van der Waals surface area contributed by atoms with Gasteiger partial charge in [0.15, 0.2) is 0 Å². The minimum absolute atomic E-state index is 0.192. The average molecular weight is 356 g/mol. The first kappa shape index (κ1) is 17.2. The Morgan fingerprint density at radius 1 is 1.43 bits per heavy atom. The lowest BCUT2D eigenvalue weighted by Crippen LogP contribution is -2.39. The molecule has 0 radical (unpaired) electrons. The number of rotatable bonds is 6. The SMILES string of the molecule is COc1ccc(Br)cc1/C=C/C(=O)N(CC(=O)O)C(C)C. The Morgan fingerprint density at radius 2 is 2.10 bits per heavy atom. The van der Waals surface area contributed by atoms with Gasteiger partial charge in [-0.15, -0.1) is 0 Å². The molecule has 0 aliphatic carbocycles. The van der Waals surface area contributed by atoms with Gasteiger partial charge in [-0.3, -0.25) is 9.59 Å². The van der Waals surface area contributed by atoms with E-state index >= 15 is 0 Å². The van der Waals surface area contributed by atoms with Crippen LogP contribution in [0.25, 0.3) is 6.08 Å². The van der Waals surface area contributed by atoms with Crippen molar-refractivity contribution in [2.75, 3.05) is 13.7 Å². The van der Waals surface area contributed by atoms with Crippen molar-refractivity contribution >= 4 is 33.9 Å². The van der Waals surface area contributed by atoms with Crippen molar-refractivity contribution in [1.82, 2.24) is 4.90 Å². The molecule has 1 N–H and O–H groups in total. The minimum Gasteiger partial charge on any atom is -0.496 e. The van der Waals surface area contributed by atoms with Gasteiger partial charge in [0.25, 0.3) is 0 Å². The second kappa shape index (κ2) is 7.83. The van der Waals surface area contributed by atoms with Gasteiger partial charge in [-0.1, -0.05) is 15.9 Å². The van der Waals surface area contributed by atoms with Crippen LogP contribution in [0.5, 0.6) is 5.75 Å². The molecule has 21 heavy (non-hydrogen) atoms. The molecule has 1 rings (SSSR count). The topological polar surface area (TPSA) is 66.8 Å². The lowest BCUT2D eigenvalue weighted by molar-refractivity contribution is -0.143. The molecule has 0 heterocycles. The molecule has 0 aliphatic rings. The summed E-state index contributed by atoms with van der Waals surface area (Å²) in [6.07, 6.45) is 2.97. The van der Waals surface area contributed by atoms with E-state index in [1.54, 1.807) is 33.1 Å². The molecule has 0 fully saturated rings. The van der Waals surface area contributed by atoms with Gasteiger partial charge >= 0.3 is 5.97 Å². The Hall–Kier alpha value is -1.82. The minimum atomic E-state index is -1.04. The number of carbonyl (C=O) groups is 2. The van der Waals surface area contributed by atoms with Crippen molar-refractivity contribution in [3.8, 4) is 5.75 Å². The maximum absolute atomic E-state index is 12.1. The summed E-state index contributed by atoms with van der Waals surface area (Å²) < 4.78 is 6.08. The predicted molar refractivity (Wildman–Crippen MR) is 84.2 cm³/mol. The van der Waals surface area contributed by atoms with E-state index in [2.05, 4.69) is 15.9 Å². The molecule has 6 heteroatoms. The summed E-state index contributed by atoms with van der Waals surface area (Å²) >= 11 is 3.35. The van der Waals surface area contributed by atoms with Crippen molar-refractivity contribution in [3.63, 3.8) is 0 Å². The Morgan fingerprint density at radius 3 is 2.62 bits per heavy atom. The van der Waals surface area contributed by atoms with Gasteiger partial charge in [0.2, 0.25) is 5.91 Å². The fraction of sp³-hybridized carbons (Fsp3) is 0.333. The number of amides is 1. The lowest BCUT2D eigenvalue weighted by Gasteiger charge is -2.23. The third-order valence-electron chi connectivity index (χ3n) is 2.81. The predicted octanol–water partition coefficient (Wildman–Crippen LogP) is 2.79. The molecule has 1 aromatic carbocycles. The second-order valence-corrected chi connectivity index (χ2v) is 5.59. The highest BCUT2D eigenvalue weighted by Crippen LogP contribution is 2.24. The largest absolute Gasteiger partial charge is 0.496 e. The lowest BCUT2D eigenvalue weighted by atomic mass is 10.2. The number of hydrogen-bond donors (Lipinski definition) is 1. The van der Waals surface area contributed by atoms with E-state index in [4.69, 9.17) is 9.84 Å². The van der Waals surface area contributed by atoms with Crippen LogP contribution >= 0.6 is 15.9 Å². The van der Waals surface area contributed by atoms with Gasteiger partial charge < -0.3 is 14.7 Å². The molecule has 0 atom stereocenters. The van der Waals surface area contributed by atoms with Crippen LogP contribution in [0.15, 0.2) is 28.7 Å². The van der Waals surface area contributed by atoms with E-state index in [-0.39, 0.29) is 18.5 Å². The van der Waals surface area contributed by atoms with E-state index < -0.39 is 5.97 Å². The summed E-state index contributed by atoms with van der Waals surface area (Å²) in [7, 11) is 1.55. The van der Waals surface area contributed by atoms with Gasteiger partial charge in [-0.2, -0.15) is 0 Å². The second-order valence-electron chi connectivity index (χ2n) is 4.67. The third-order valence-corrected chi connectivity index (χ3v) is 3.30. The molecule has 0 bridgehead atoms. The number of aliphatic carboxylic acids is 1. The van der Waals surface area contributed by atoms with Gasteiger partial charge in [0, 0.05) is 22.2 Å². The summed E-state index contributed by atoms with van der Waals surface area (Å²) in [5, 5.41) is 8.84. The van der Waals surface area contributed by atoms with E-state index in [0.29, 0.717) is 5.75 Å². The van der Waals surface area contributed by atoms with Crippen molar-refractivity contribution in [1.29, 1.82) is 0 Å². The highest BCUT2D eigenvalue weighted by atomic mass is 79.9. The summed E-state index contributed by atoms with van der Waals surface area (Å²) in [6, 6.07) is 5.25. The molecule has 0 spiro atoms. The number of halogens is 1. The van der Waals surface area contributed by atoms with Crippen LogP contribution in [-0.2, 0) is 9.59 Å². The number of nitrogens with zero attached hydrogens (tertiary/aromatic N) is 1. The molecular formula is C15H18BrNO4. The molecule has 1 amide bonds. The number of benzene rings is 1. The normalized spacial score (nSPS) is 10.9. The van der Waals surface area contributed by atoms with Crippen molar-refractivity contribution < 1.29 is 19.4 Å². The molecule has 0 saturated heterocycles. The van der Waals surface area contributed by atoms with Crippen LogP contribution in [0.3, 0.4) is 0 Å². The van der Waals surface area contributed by atoms with Crippen LogP contribution in [-0.4, -0.2) is 41.6 Å². The fourth-order valence-electron chi connectivity index (χ4n) is 1.75. The molecule has 0 aliphatic heterocycles. The number of carboxylic acids is 1. The molecule has 1 aromatic rings. The first-order valence-electron chi connectivity index (χ1n) is 6.39. The van der Waals surface area contributed by atoms with E-state index in [1.807, 2.05) is 12.1 Å². The number of carbonyl (C=O) groups excluding carboxylic acids is 1. The molecule has 5 nitrogen and oxygen atoms in total. The number of methoxy groups -OCH3 is 1. The third kappa shape index (κ3) is 5.23.